The summed E-state index contributed by atoms with van der Waals surface area (Å²) in [5, 5.41) is 0. The number of carbonyl (C=O) groups is 2. The number of nitrogens with zero attached hydrogens (tertiary/aromatic N) is 1. The van der Waals surface area contributed by atoms with Crippen molar-refractivity contribution in [2.75, 3.05) is 41.0 Å². The van der Waals surface area contributed by atoms with E-state index in [-0.39, 0.29) is 24.1 Å². The smallest absolute Gasteiger partial charge is 0.260 e. The molecule has 1 saturated heterocycles. The second-order valence-corrected chi connectivity index (χ2v) is 8.13. The lowest BCUT2D eigenvalue weighted by atomic mass is 10.1. The lowest BCUT2D eigenvalue weighted by Crippen LogP contribution is -2.35. The Morgan fingerprint density at radius 1 is 0.941 bits per heavy atom. The van der Waals surface area contributed by atoms with Crippen molar-refractivity contribution in [3.05, 3.63) is 47.2 Å². The summed E-state index contributed by atoms with van der Waals surface area (Å²) in [7, 11) is 4.61. The molecule has 2 heterocycles. The molecule has 8 heteroatoms. The number of likely N-dealkylation sites (tertiary alicyclic amines) is 1. The molecule has 2 aliphatic rings. The summed E-state index contributed by atoms with van der Waals surface area (Å²) < 4.78 is 27.7. The predicted octanol–water partition coefficient (Wildman–Crippen LogP) is 4.11. The Bertz CT molecular complexity index is 1100. The van der Waals surface area contributed by atoms with Crippen molar-refractivity contribution in [3.8, 4) is 28.7 Å². The van der Waals surface area contributed by atoms with Crippen LogP contribution in [0.3, 0.4) is 0 Å². The number of ether oxygens (including phenoxy) is 5. The summed E-state index contributed by atoms with van der Waals surface area (Å²) in [4.78, 5) is 27.3. The molecular formula is C26H29NO7. The van der Waals surface area contributed by atoms with Gasteiger partial charge in [0.25, 0.3) is 5.91 Å². The van der Waals surface area contributed by atoms with Gasteiger partial charge in [0, 0.05) is 30.8 Å². The fraction of sp³-hybridized carbons (Fsp3) is 0.385. The average Bonchev–Trinajstić information content (AvgIpc) is 3.02. The minimum atomic E-state index is -0.251. The van der Waals surface area contributed by atoms with Crippen molar-refractivity contribution in [3.63, 3.8) is 0 Å². The van der Waals surface area contributed by atoms with E-state index < -0.39 is 0 Å². The molecule has 0 atom stereocenters. The molecule has 0 saturated carbocycles. The van der Waals surface area contributed by atoms with Crippen molar-refractivity contribution in [1.82, 2.24) is 4.90 Å². The molecule has 0 aromatic heterocycles. The third-order valence-electron chi connectivity index (χ3n) is 5.98. The summed E-state index contributed by atoms with van der Waals surface area (Å²) in [5.41, 5.74) is 1.03. The Morgan fingerprint density at radius 2 is 1.62 bits per heavy atom. The third-order valence-corrected chi connectivity index (χ3v) is 5.98. The molecule has 0 spiro atoms. The van der Waals surface area contributed by atoms with E-state index in [0.29, 0.717) is 39.9 Å². The Hall–Kier alpha value is -3.68. The van der Waals surface area contributed by atoms with E-state index in [0.717, 1.165) is 38.8 Å². The molecule has 8 nitrogen and oxygen atoms in total. The zero-order chi connectivity index (χ0) is 24.1. The summed E-state index contributed by atoms with van der Waals surface area (Å²) in [6, 6.07) is 8.36. The van der Waals surface area contributed by atoms with Crippen LogP contribution in [-0.4, -0.2) is 57.6 Å². The number of fused-ring (bicyclic) bond motifs is 1. The van der Waals surface area contributed by atoms with Crippen molar-refractivity contribution < 1.29 is 33.3 Å². The first kappa shape index (κ1) is 23.5. The van der Waals surface area contributed by atoms with Crippen LogP contribution in [0, 0.1) is 0 Å². The zero-order valence-electron chi connectivity index (χ0n) is 19.7. The van der Waals surface area contributed by atoms with E-state index in [1.54, 1.807) is 36.4 Å². The van der Waals surface area contributed by atoms with Gasteiger partial charge in [0.2, 0.25) is 5.78 Å². The fourth-order valence-corrected chi connectivity index (χ4v) is 4.12. The molecule has 0 radical (unpaired) electrons. The van der Waals surface area contributed by atoms with Gasteiger partial charge in [0.1, 0.15) is 17.2 Å². The molecule has 0 bridgehead atoms. The van der Waals surface area contributed by atoms with Crippen molar-refractivity contribution >= 4 is 17.8 Å². The van der Waals surface area contributed by atoms with Crippen LogP contribution in [0.5, 0.6) is 28.7 Å². The number of benzene rings is 2. The fourth-order valence-electron chi connectivity index (χ4n) is 4.12. The average molecular weight is 468 g/mol. The van der Waals surface area contributed by atoms with E-state index in [9.17, 15) is 9.59 Å². The number of hydrogen-bond acceptors (Lipinski definition) is 7. The van der Waals surface area contributed by atoms with Gasteiger partial charge in [-0.1, -0.05) is 12.8 Å². The van der Waals surface area contributed by atoms with Crippen LogP contribution in [0.4, 0.5) is 0 Å². The lowest BCUT2D eigenvalue weighted by molar-refractivity contribution is -0.133. The van der Waals surface area contributed by atoms with Gasteiger partial charge in [-0.25, -0.2) is 0 Å². The van der Waals surface area contributed by atoms with E-state index in [2.05, 4.69) is 0 Å². The largest absolute Gasteiger partial charge is 0.496 e. The van der Waals surface area contributed by atoms with Gasteiger partial charge in [-0.15, -0.1) is 0 Å². The normalized spacial score (nSPS) is 16.5. The standard InChI is InChI=1S/C26H29NO7/c1-30-20-15-23(32-3)22(31-2)12-17(20)13-24-26(29)19-9-8-18(14-21(19)34-24)33-16-25(28)27-10-6-4-5-7-11-27/h8-9,12-15H,4-7,10-11,16H2,1-3H3. The number of hydrogen-bond donors (Lipinski definition) is 0. The summed E-state index contributed by atoms with van der Waals surface area (Å²) in [5.74, 6) is 2.25. The molecule has 2 aromatic carbocycles. The number of allylic oxidation sites excluding steroid dienone is 1. The molecule has 1 amide bonds. The van der Waals surface area contributed by atoms with Crippen LogP contribution in [0.15, 0.2) is 36.1 Å². The SMILES string of the molecule is COc1cc(OC)c(OC)cc1C=C1Oc2cc(OCC(=O)N3CCCCCC3)ccc2C1=O. The van der Waals surface area contributed by atoms with Gasteiger partial charge in [-0.3, -0.25) is 9.59 Å². The molecule has 2 aliphatic heterocycles. The van der Waals surface area contributed by atoms with Crippen molar-refractivity contribution in [2.24, 2.45) is 0 Å². The van der Waals surface area contributed by atoms with Crippen LogP contribution in [0.1, 0.15) is 41.6 Å². The summed E-state index contributed by atoms with van der Waals surface area (Å²) in [6.45, 7) is 1.51. The second kappa shape index (κ2) is 10.5. The Balaban J connectivity index is 1.49. The minimum absolute atomic E-state index is 0.0273. The number of ketones is 1. The van der Waals surface area contributed by atoms with Crippen LogP contribution >= 0.6 is 0 Å². The Kier molecular flexibility index (Phi) is 7.25. The van der Waals surface area contributed by atoms with Gasteiger partial charge in [-0.2, -0.15) is 0 Å². The third kappa shape index (κ3) is 4.95. The zero-order valence-corrected chi connectivity index (χ0v) is 19.7. The molecular weight excluding hydrogens is 438 g/mol. The maximum absolute atomic E-state index is 12.9. The molecule has 0 aliphatic carbocycles. The predicted molar refractivity (Wildman–Crippen MR) is 126 cm³/mol. The van der Waals surface area contributed by atoms with Gasteiger partial charge >= 0.3 is 0 Å². The van der Waals surface area contributed by atoms with E-state index in [4.69, 9.17) is 23.7 Å². The minimum Gasteiger partial charge on any atom is -0.496 e. The number of carbonyl (C=O) groups excluding carboxylic acids is 2. The first-order valence-electron chi connectivity index (χ1n) is 11.3. The monoisotopic (exact) mass is 467 g/mol. The van der Waals surface area contributed by atoms with Gasteiger partial charge in [0.05, 0.1) is 26.9 Å². The maximum atomic E-state index is 12.9. The quantitative estimate of drug-likeness (QED) is 0.567. The Labute approximate surface area is 199 Å². The van der Waals surface area contributed by atoms with Gasteiger partial charge in [-0.05, 0) is 37.1 Å². The highest BCUT2D eigenvalue weighted by molar-refractivity contribution is 6.14. The van der Waals surface area contributed by atoms with Crippen LogP contribution in [0.25, 0.3) is 6.08 Å². The Morgan fingerprint density at radius 3 is 2.29 bits per heavy atom. The maximum Gasteiger partial charge on any atom is 0.260 e. The highest BCUT2D eigenvalue weighted by Gasteiger charge is 2.28. The van der Waals surface area contributed by atoms with Gasteiger partial charge in [0.15, 0.2) is 23.9 Å². The first-order chi connectivity index (χ1) is 16.5. The molecule has 34 heavy (non-hydrogen) atoms. The topological polar surface area (TPSA) is 83.5 Å². The molecule has 180 valence electrons. The van der Waals surface area contributed by atoms with Crippen LogP contribution < -0.4 is 23.7 Å². The number of rotatable bonds is 7. The second-order valence-electron chi connectivity index (χ2n) is 8.13. The van der Waals surface area contributed by atoms with E-state index >= 15 is 0 Å². The molecule has 4 rings (SSSR count). The number of Topliss-reactive ketones (excluding diaryl/α,β-unsaturated/α-hetero) is 1. The molecule has 0 unspecified atom stereocenters. The van der Waals surface area contributed by atoms with E-state index in [1.165, 1.54) is 21.3 Å². The van der Waals surface area contributed by atoms with Crippen molar-refractivity contribution in [2.45, 2.75) is 25.7 Å². The molecule has 1 fully saturated rings. The molecule has 0 N–H and O–H groups in total. The van der Waals surface area contributed by atoms with Crippen LogP contribution in [-0.2, 0) is 4.79 Å². The van der Waals surface area contributed by atoms with E-state index in [1.807, 2.05) is 4.90 Å². The van der Waals surface area contributed by atoms with Crippen molar-refractivity contribution in [1.29, 1.82) is 0 Å². The van der Waals surface area contributed by atoms with Gasteiger partial charge < -0.3 is 28.6 Å². The molecule has 2 aromatic rings. The summed E-state index contributed by atoms with van der Waals surface area (Å²) in [6.07, 6.45) is 5.98. The first-order valence-corrected chi connectivity index (χ1v) is 11.3. The highest BCUT2D eigenvalue weighted by atomic mass is 16.5. The highest BCUT2D eigenvalue weighted by Crippen LogP contribution is 2.39. The van der Waals surface area contributed by atoms with Crippen LogP contribution in [0.2, 0.25) is 0 Å². The number of amides is 1. The number of methoxy groups -OCH3 is 3. The summed E-state index contributed by atoms with van der Waals surface area (Å²) >= 11 is 0. The lowest BCUT2D eigenvalue weighted by Gasteiger charge is -2.20.